The van der Waals surface area contributed by atoms with Crippen LogP contribution in [0.2, 0.25) is 15.1 Å². The number of hydrogen-bond donors (Lipinski definition) is 3. The summed E-state index contributed by atoms with van der Waals surface area (Å²) in [6, 6.07) is 3.24. The van der Waals surface area contributed by atoms with Crippen LogP contribution in [0.1, 0.15) is 11.1 Å². The topological polar surface area (TPSA) is 98.1 Å². The lowest BCUT2D eigenvalue weighted by atomic mass is 10.1. The molecule has 4 rings (SSSR count). The van der Waals surface area contributed by atoms with Crippen molar-refractivity contribution in [2.75, 3.05) is 4.72 Å². The second-order valence-electron chi connectivity index (χ2n) is 5.80. The fourth-order valence-corrected chi connectivity index (χ4v) is 4.99. The van der Waals surface area contributed by atoms with E-state index >= 15 is 0 Å². The minimum Gasteiger partial charge on any atom is -0.358 e. The second kappa shape index (κ2) is 6.17. The smallest absolute Gasteiger partial charge is 0.302 e. The van der Waals surface area contributed by atoms with E-state index in [1.165, 1.54) is 10.5 Å². The highest BCUT2D eigenvalue weighted by molar-refractivity contribution is 7.90. The maximum Gasteiger partial charge on any atom is 0.302 e. The van der Waals surface area contributed by atoms with Crippen LogP contribution in [0.5, 0.6) is 0 Å². The lowest BCUT2D eigenvalue weighted by Crippen LogP contribution is -2.39. The summed E-state index contributed by atoms with van der Waals surface area (Å²) in [4.78, 5) is 17.0. The molecule has 3 aromatic rings. The highest BCUT2D eigenvalue weighted by Crippen LogP contribution is 2.40. The molecular weight excluding hydrogens is 423 g/mol. The predicted molar refractivity (Wildman–Crippen MR) is 102 cm³/mol. The van der Waals surface area contributed by atoms with Crippen molar-refractivity contribution in [3.8, 4) is 0 Å². The predicted octanol–water partition coefficient (Wildman–Crippen LogP) is 3.49. The van der Waals surface area contributed by atoms with E-state index in [1.54, 1.807) is 18.3 Å². The first kappa shape index (κ1) is 17.7. The minimum absolute atomic E-state index is 0.0434. The summed E-state index contributed by atoms with van der Waals surface area (Å²) >= 11 is 18.4. The standard InChI is InChI=1S/C15H11Cl3N4O3S/c16-9-3-8-6-22(5-7-1-2-19-15(23)12(7)18)26(24,25)21-13(8)14-11(9)10(17)4-20-14/h1-4,20-21H,5-6H2,(H,19,23). The molecule has 11 heteroatoms. The minimum atomic E-state index is -3.85. The molecular formula is C15H11Cl3N4O3S. The number of anilines is 1. The number of nitrogens with zero attached hydrogens (tertiary/aromatic N) is 1. The third-order valence-electron chi connectivity index (χ3n) is 4.19. The molecule has 26 heavy (non-hydrogen) atoms. The number of nitrogens with one attached hydrogen (secondary N) is 3. The molecule has 0 aliphatic carbocycles. The molecule has 0 amide bonds. The first-order chi connectivity index (χ1) is 12.3. The molecule has 0 atom stereocenters. The zero-order valence-electron chi connectivity index (χ0n) is 12.9. The van der Waals surface area contributed by atoms with Gasteiger partial charge in [-0.2, -0.15) is 12.7 Å². The van der Waals surface area contributed by atoms with Crippen LogP contribution in [-0.4, -0.2) is 22.7 Å². The number of pyridine rings is 1. The SMILES string of the molecule is O=c1[nH]ccc(CN2Cc3cc(Cl)c4c(Cl)c[nH]c4c3NS2(=O)=O)c1Cl. The van der Waals surface area contributed by atoms with Crippen molar-refractivity contribution in [2.24, 2.45) is 0 Å². The van der Waals surface area contributed by atoms with Crippen LogP contribution in [0.4, 0.5) is 5.69 Å². The lowest BCUT2D eigenvalue weighted by Gasteiger charge is -2.30. The lowest BCUT2D eigenvalue weighted by molar-refractivity contribution is 0.400. The van der Waals surface area contributed by atoms with Gasteiger partial charge in [-0.05, 0) is 23.3 Å². The largest absolute Gasteiger partial charge is 0.358 e. The summed E-state index contributed by atoms with van der Waals surface area (Å²) in [6.45, 7) is 0.0127. The highest BCUT2D eigenvalue weighted by atomic mass is 35.5. The van der Waals surface area contributed by atoms with Gasteiger partial charge in [0.2, 0.25) is 0 Å². The molecule has 0 saturated heterocycles. The molecule has 0 unspecified atom stereocenters. The summed E-state index contributed by atoms with van der Waals surface area (Å²) in [5, 5.41) is 1.34. The van der Waals surface area contributed by atoms with Crippen LogP contribution >= 0.6 is 34.8 Å². The van der Waals surface area contributed by atoms with E-state index in [0.717, 1.165) is 0 Å². The zero-order valence-corrected chi connectivity index (χ0v) is 16.0. The summed E-state index contributed by atoms with van der Waals surface area (Å²) in [6.07, 6.45) is 2.97. The van der Waals surface area contributed by atoms with Crippen molar-refractivity contribution in [3.63, 3.8) is 0 Å². The molecule has 3 N–H and O–H groups in total. The van der Waals surface area contributed by atoms with Gasteiger partial charge in [0.25, 0.3) is 5.56 Å². The number of aromatic amines is 2. The number of H-pyrrole nitrogens is 2. The maximum absolute atomic E-state index is 12.7. The summed E-state index contributed by atoms with van der Waals surface area (Å²) < 4.78 is 29.1. The molecule has 0 saturated carbocycles. The van der Waals surface area contributed by atoms with Gasteiger partial charge >= 0.3 is 10.2 Å². The molecule has 0 bridgehead atoms. The Kier molecular flexibility index (Phi) is 4.20. The van der Waals surface area contributed by atoms with Gasteiger partial charge in [0.05, 0.1) is 21.2 Å². The van der Waals surface area contributed by atoms with Crippen LogP contribution in [0.15, 0.2) is 29.3 Å². The highest BCUT2D eigenvalue weighted by Gasteiger charge is 2.32. The Morgan fingerprint density at radius 1 is 1.15 bits per heavy atom. The van der Waals surface area contributed by atoms with Crippen LogP contribution < -0.4 is 10.3 Å². The third kappa shape index (κ3) is 2.78. The zero-order chi connectivity index (χ0) is 18.6. The third-order valence-corrected chi connectivity index (χ3v) is 6.60. The van der Waals surface area contributed by atoms with Gasteiger partial charge in [-0.1, -0.05) is 34.8 Å². The molecule has 0 radical (unpaired) electrons. The van der Waals surface area contributed by atoms with E-state index in [4.69, 9.17) is 34.8 Å². The maximum atomic E-state index is 12.7. The van der Waals surface area contributed by atoms with E-state index in [2.05, 4.69) is 14.7 Å². The van der Waals surface area contributed by atoms with Gasteiger partial charge in [-0.15, -0.1) is 0 Å². The Morgan fingerprint density at radius 3 is 2.69 bits per heavy atom. The quantitative estimate of drug-likeness (QED) is 0.577. The Morgan fingerprint density at radius 2 is 1.92 bits per heavy atom. The monoisotopic (exact) mass is 432 g/mol. The number of hydrogen-bond acceptors (Lipinski definition) is 3. The van der Waals surface area contributed by atoms with Crippen molar-refractivity contribution in [2.45, 2.75) is 13.1 Å². The summed E-state index contributed by atoms with van der Waals surface area (Å²) in [7, 11) is -3.85. The van der Waals surface area contributed by atoms with Crippen molar-refractivity contribution < 1.29 is 8.42 Å². The van der Waals surface area contributed by atoms with Gasteiger partial charge in [-0.3, -0.25) is 9.52 Å². The Balaban J connectivity index is 1.80. The first-order valence-electron chi connectivity index (χ1n) is 7.40. The summed E-state index contributed by atoms with van der Waals surface area (Å²) in [5.41, 5.74) is 1.54. The fourth-order valence-electron chi connectivity index (χ4n) is 2.95. The number of aromatic nitrogens is 2. The molecule has 1 aromatic carbocycles. The Bertz CT molecular complexity index is 1200. The average molecular weight is 434 g/mol. The fraction of sp³-hybridized carbons (Fsp3) is 0.133. The molecule has 7 nitrogen and oxygen atoms in total. The number of fused-ring (bicyclic) bond motifs is 3. The van der Waals surface area contributed by atoms with Crippen LogP contribution in [0.3, 0.4) is 0 Å². The number of benzene rings is 1. The van der Waals surface area contributed by atoms with Gasteiger partial charge < -0.3 is 9.97 Å². The van der Waals surface area contributed by atoms with Gasteiger partial charge in [0.1, 0.15) is 5.02 Å². The molecule has 0 fully saturated rings. The molecule has 2 aromatic heterocycles. The number of rotatable bonds is 2. The number of halogens is 3. The van der Waals surface area contributed by atoms with Crippen LogP contribution in [-0.2, 0) is 23.3 Å². The van der Waals surface area contributed by atoms with Gasteiger partial charge in [0, 0.05) is 30.9 Å². The van der Waals surface area contributed by atoms with E-state index < -0.39 is 15.8 Å². The van der Waals surface area contributed by atoms with Crippen molar-refractivity contribution in [1.29, 1.82) is 0 Å². The van der Waals surface area contributed by atoms with Crippen LogP contribution in [0, 0.1) is 0 Å². The van der Waals surface area contributed by atoms with Crippen molar-refractivity contribution >= 4 is 61.6 Å². The van der Waals surface area contributed by atoms with E-state index in [1.807, 2.05) is 0 Å². The molecule has 3 heterocycles. The Hall–Kier alpha value is -1.71. The molecule has 136 valence electrons. The van der Waals surface area contributed by atoms with Gasteiger partial charge in [0.15, 0.2) is 0 Å². The normalized spacial score (nSPS) is 16.4. The molecule has 1 aliphatic rings. The second-order valence-corrected chi connectivity index (χ2v) is 8.66. The van der Waals surface area contributed by atoms with Gasteiger partial charge in [-0.25, -0.2) is 0 Å². The molecule has 1 aliphatic heterocycles. The van der Waals surface area contributed by atoms with E-state index in [9.17, 15) is 13.2 Å². The van der Waals surface area contributed by atoms with Crippen molar-refractivity contribution in [3.05, 3.63) is 61.1 Å². The molecule has 0 spiro atoms. The van der Waals surface area contributed by atoms with E-state index in [0.29, 0.717) is 37.8 Å². The Labute approximate surface area is 163 Å². The van der Waals surface area contributed by atoms with Crippen LogP contribution in [0.25, 0.3) is 10.9 Å². The average Bonchev–Trinajstić information content (AvgIpc) is 2.96. The summed E-state index contributed by atoms with van der Waals surface area (Å²) in [5.74, 6) is 0. The van der Waals surface area contributed by atoms with E-state index in [-0.39, 0.29) is 18.1 Å². The first-order valence-corrected chi connectivity index (χ1v) is 9.97. The van der Waals surface area contributed by atoms with Crippen molar-refractivity contribution in [1.82, 2.24) is 14.3 Å².